The molecule has 122 heavy (non-hydrogen) atoms. The zero-order valence-corrected chi connectivity index (χ0v) is 67.9. The van der Waals surface area contributed by atoms with E-state index < -0.39 is 0 Å². The minimum Gasteiger partial charge on any atom is -0.870 e. The van der Waals surface area contributed by atoms with Crippen LogP contribution in [0.1, 0.15) is 103 Å². The third-order valence-corrected chi connectivity index (χ3v) is 21.5. The highest BCUT2D eigenvalue weighted by molar-refractivity contribution is 6.31. The summed E-state index contributed by atoms with van der Waals surface area (Å²) in [7, 11) is 0. The second-order valence-electron chi connectivity index (χ2n) is 28.8. The van der Waals surface area contributed by atoms with Gasteiger partial charge in [-0.1, -0.05) is 189 Å². The van der Waals surface area contributed by atoms with Gasteiger partial charge >= 0.3 is 0 Å². The molecule has 17 aromatic rings. The van der Waals surface area contributed by atoms with Gasteiger partial charge < -0.3 is 26.1 Å². The number of benzene rings is 9. The topological polar surface area (TPSA) is 365 Å². The molecule has 1 aliphatic rings. The number of rotatable bonds is 21. The van der Waals surface area contributed by atoms with Gasteiger partial charge in [-0.05, 0) is 193 Å². The number of allylic oxidation sites excluding steroid dienone is 1. The minimum absolute atomic E-state index is 0. The molecule has 3 atom stereocenters. The maximum absolute atomic E-state index is 13.6. The highest BCUT2D eigenvalue weighted by atomic mass is 35.5. The van der Waals surface area contributed by atoms with E-state index >= 15 is 0 Å². The van der Waals surface area contributed by atoms with Crippen LogP contribution in [0, 0.1) is 54.5 Å². The van der Waals surface area contributed by atoms with Gasteiger partial charge in [-0.25, -0.2) is 14.4 Å². The summed E-state index contributed by atoms with van der Waals surface area (Å²) in [6, 6.07) is 79.5. The fourth-order valence-corrected chi connectivity index (χ4v) is 14.9. The lowest BCUT2D eigenvalue weighted by molar-refractivity contribution is -0.660. The molecule has 1 aliphatic heterocycles. The van der Waals surface area contributed by atoms with Gasteiger partial charge in [0, 0.05) is 79.0 Å². The van der Waals surface area contributed by atoms with E-state index in [1.807, 2.05) is 141 Å². The van der Waals surface area contributed by atoms with Gasteiger partial charge in [0.05, 0.1) is 87.6 Å². The standard InChI is InChI=1S/C31H24ClFN6O.2C31H23ClN8.2H2O/c1-20-2-6-22(7-3-20)28-12-13-29(35-28)27(16-21-4-10-25(33)11-5-21)31-14-8-23(18-39(31)40)26-17-24(32)9-15-30(26)38-19-34-36-37-38;2*1-20-2-4-21(5-3-20)14-27(31-35-18-29(37-31)23-8-6-22(16-33)7-9-23)28-12-10-24(17-34-28)26-15-25(32)11-13-30(26)40-19-36-38-39-40;;/h2-12,14-15,17-19,27H,13,16H2,1H3;2*2-13,15,17-19,27H,14H2,1H3,(H,35,37);2*1H2. The third kappa shape index (κ3) is 19.5. The molecule has 8 aromatic heterocycles. The van der Waals surface area contributed by atoms with E-state index in [-0.39, 0.29) is 34.5 Å². The summed E-state index contributed by atoms with van der Waals surface area (Å²) in [6.07, 6.45) is 18.3. The highest BCUT2D eigenvalue weighted by Gasteiger charge is 2.31. The van der Waals surface area contributed by atoms with Crippen molar-refractivity contribution < 1.29 is 29.4 Å². The molecule has 9 heterocycles. The van der Waals surface area contributed by atoms with Crippen molar-refractivity contribution >= 4 is 46.2 Å². The lowest BCUT2D eigenvalue weighted by atomic mass is 9.89. The number of aliphatic imine (C=N–C) groups is 1. The van der Waals surface area contributed by atoms with Crippen molar-refractivity contribution in [3.8, 4) is 85.1 Å². The molecule has 0 amide bonds. The second kappa shape index (κ2) is 38.1. The molecule has 0 saturated carbocycles. The number of halogens is 4. The number of tetrazole rings is 3. The number of aromatic amines is 4. The molecule has 0 radical (unpaired) electrons. The first-order valence-electron chi connectivity index (χ1n) is 38.2. The average Bonchev–Trinajstić information content (AvgIpc) is 1.64. The fraction of sp³-hybridized carbons (Fsp3) is 0.108. The number of hydrogen-bond acceptors (Lipinski definition) is 17. The highest BCUT2D eigenvalue weighted by Crippen LogP contribution is 2.38. The van der Waals surface area contributed by atoms with Gasteiger partial charge in [0.1, 0.15) is 45.4 Å². The number of nitrogens with one attached hydrogen (secondary N) is 4. The van der Waals surface area contributed by atoms with Crippen molar-refractivity contribution in [1.82, 2.24) is 81.2 Å². The van der Waals surface area contributed by atoms with Crippen molar-refractivity contribution in [1.29, 1.82) is 10.5 Å². The minimum atomic E-state index is -0.311. The Labute approximate surface area is 714 Å². The molecule has 6 N–H and O–H groups in total. The number of pyridine rings is 3. The Bertz CT molecular complexity index is 6310. The zero-order chi connectivity index (χ0) is 82.6. The summed E-state index contributed by atoms with van der Waals surface area (Å²) in [5, 5.41) is 66.2. The number of aromatic nitrogens is 19. The fourth-order valence-electron chi connectivity index (χ4n) is 14.4. The predicted octanol–water partition coefficient (Wildman–Crippen LogP) is 17.4. The normalized spacial score (nSPS) is 12.2. The molecule has 3 unspecified atom stereocenters. The molecule has 0 fully saturated rings. The van der Waals surface area contributed by atoms with Crippen LogP contribution in [0.15, 0.2) is 298 Å². The number of imidazole rings is 2. The van der Waals surface area contributed by atoms with Crippen LogP contribution in [0.25, 0.3) is 78.7 Å². The van der Waals surface area contributed by atoms with E-state index in [4.69, 9.17) is 70.3 Å². The van der Waals surface area contributed by atoms with Crippen molar-refractivity contribution in [2.45, 2.75) is 64.2 Å². The first-order valence-corrected chi connectivity index (χ1v) is 39.4. The Morgan fingerprint density at radius 2 is 0.918 bits per heavy atom. The third-order valence-electron chi connectivity index (χ3n) is 20.8. The Morgan fingerprint density at radius 1 is 0.475 bits per heavy atom. The molecule has 602 valence electrons. The maximum Gasteiger partial charge on any atom is 0.293 e. The van der Waals surface area contributed by atoms with Crippen LogP contribution >= 0.6 is 34.8 Å². The molecule has 9 aromatic carbocycles. The van der Waals surface area contributed by atoms with Crippen molar-refractivity contribution in [2.75, 3.05) is 0 Å². The average molecular weight is 1670 g/mol. The number of hydrogen-bond donors (Lipinski definition) is 4. The van der Waals surface area contributed by atoms with E-state index in [0.29, 0.717) is 61.5 Å². The molecule has 0 spiro atoms. The number of nitrogens with zero attached hydrogens (tertiary/aromatic N) is 18. The van der Waals surface area contributed by atoms with E-state index in [1.165, 1.54) is 57.2 Å². The first-order chi connectivity index (χ1) is 58.6. The summed E-state index contributed by atoms with van der Waals surface area (Å²) in [5.74, 6) is 0.827. The maximum atomic E-state index is 13.6. The number of nitriles is 2. The molecule has 0 saturated heterocycles. The monoisotopic (exact) mass is 1670 g/mol. The predicted molar refractivity (Wildman–Crippen MR) is 460 cm³/mol. The summed E-state index contributed by atoms with van der Waals surface area (Å²) < 4.78 is 19.5. The van der Waals surface area contributed by atoms with Crippen LogP contribution in [-0.2, 0) is 19.3 Å². The van der Waals surface area contributed by atoms with Gasteiger partial charge in [0.2, 0.25) is 5.69 Å². The lowest BCUT2D eigenvalue weighted by Gasteiger charge is -2.18. The number of aryl methyl sites for hydroxylation is 3. The van der Waals surface area contributed by atoms with Gasteiger partial charge in [0.15, 0.2) is 16.6 Å². The molecular weight excluding hydrogens is 1600 g/mol. The van der Waals surface area contributed by atoms with Crippen LogP contribution in [-0.4, -0.2) is 97.8 Å². The Hall–Kier alpha value is -15.0. The van der Waals surface area contributed by atoms with E-state index in [1.54, 1.807) is 52.4 Å². The van der Waals surface area contributed by atoms with E-state index in [9.17, 15) is 9.60 Å². The van der Waals surface area contributed by atoms with Crippen molar-refractivity contribution in [3.05, 3.63) is 398 Å². The molecule has 18 rings (SSSR count). The Kier molecular flexibility index (Phi) is 26.1. The van der Waals surface area contributed by atoms with Crippen LogP contribution < -0.4 is 14.1 Å². The quantitative estimate of drug-likeness (QED) is 0.0383. The van der Waals surface area contributed by atoms with Crippen LogP contribution in [0.2, 0.25) is 15.1 Å². The zero-order valence-electron chi connectivity index (χ0n) is 65.6. The molecule has 25 nitrogen and oxygen atoms in total. The lowest BCUT2D eigenvalue weighted by Crippen LogP contribution is -2.36. The van der Waals surface area contributed by atoms with Crippen molar-refractivity contribution in [2.24, 2.45) is 4.99 Å². The molecule has 0 bridgehead atoms. The summed E-state index contributed by atoms with van der Waals surface area (Å²) in [6.45, 7) is 6.21. The molecule has 0 aliphatic carbocycles. The second-order valence-corrected chi connectivity index (χ2v) is 30.1. The molecular formula is C93H74Cl3FN22O3. The number of H-pyrrole nitrogens is 4. The van der Waals surface area contributed by atoms with Gasteiger partial charge in [-0.15, -0.1) is 14.5 Å². The summed E-state index contributed by atoms with van der Waals surface area (Å²) in [4.78, 5) is 31.3. The van der Waals surface area contributed by atoms with Crippen LogP contribution in [0.5, 0.6) is 0 Å². The van der Waals surface area contributed by atoms with Gasteiger partial charge in [-0.3, -0.25) is 15.0 Å². The summed E-state index contributed by atoms with van der Waals surface area (Å²) >= 11 is 19.0. The first kappa shape index (κ1) is 83.5. The van der Waals surface area contributed by atoms with Gasteiger partial charge in [0.25, 0.3) is 12.7 Å². The molecule has 29 heteroatoms. The Morgan fingerprint density at radius 3 is 1.36 bits per heavy atom. The van der Waals surface area contributed by atoms with Crippen LogP contribution in [0.4, 0.5) is 4.39 Å². The van der Waals surface area contributed by atoms with Gasteiger partial charge in [-0.2, -0.15) is 19.9 Å². The van der Waals surface area contributed by atoms with E-state index in [0.717, 1.165) is 119 Å². The Balaban J connectivity index is 0.000000148. The van der Waals surface area contributed by atoms with Crippen LogP contribution in [0.3, 0.4) is 0 Å². The van der Waals surface area contributed by atoms with E-state index in [2.05, 4.69) is 174 Å². The smallest absolute Gasteiger partial charge is 0.293 e. The largest absolute Gasteiger partial charge is 0.870 e. The SMILES string of the molecule is Cc1ccc(C2=CCC(C(Cc3ccc(F)cc3)c3ccc(-c4cc(Cl)ccc4-n4cnnn4)c[n+]3[O-])=N2)cc1.Cc1ccc(CC(c2ccc(-c3cc(Cl)ccc3-[n+]3cnn[nH]3)cn2)c2ncc(-c3ccc(C#N)cc3)[nH]2)cc1.Cc1ccc(CC(c2ccc(-c3cc(Cl)ccc3-[n+]3cnn[nH]3)cn2)c2ncc(-c3ccc(C#N)cc3)[nH]2)cc1.[OH-].[OH-]. The summed E-state index contributed by atoms with van der Waals surface area (Å²) in [5.41, 5.74) is 24.4. The van der Waals surface area contributed by atoms with Crippen molar-refractivity contribution in [3.63, 3.8) is 0 Å².